The second-order valence-electron chi connectivity index (χ2n) is 5.94. The summed E-state index contributed by atoms with van der Waals surface area (Å²) in [5.41, 5.74) is 1.56. The summed E-state index contributed by atoms with van der Waals surface area (Å²) in [5.74, 6) is -0.0739. The van der Waals surface area contributed by atoms with Gasteiger partial charge in [-0.05, 0) is 50.6 Å². The van der Waals surface area contributed by atoms with Gasteiger partial charge in [-0.3, -0.25) is 4.79 Å². The fourth-order valence-corrected chi connectivity index (χ4v) is 2.15. The molecule has 1 N–H and O–H groups in total. The number of amides is 1. The number of esters is 1. The second kappa shape index (κ2) is 8.87. The number of nitrogens with one attached hydrogen (secondary N) is 1. The van der Waals surface area contributed by atoms with Crippen LogP contribution in [0.5, 0.6) is 5.75 Å². The molecule has 2 rings (SSSR count). The molecule has 2 aromatic rings. The molecular weight excluding hydrogens is 318 g/mol. The minimum Gasteiger partial charge on any atom is -0.479 e. The van der Waals surface area contributed by atoms with E-state index in [1.54, 1.807) is 45.0 Å². The van der Waals surface area contributed by atoms with Crippen LogP contribution in [0.3, 0.4) is 0 Å². The van der Waals surface area contributed by atoms with E-state index in [9.17, 15) is 9.59 Å². The van der Waals surface area contributed by atoms with Crippen molar-refractivity contribution in [3.8, 4) is 5.75 Å². The molecule has 1 amide bonds. The smallest absolute Gasteiger partial charge is 0.347 e. The lowest BCUT2D eigenvalue weighted by atomic mass is 10.2. The molecule has 0 fully saturated rings. The molecule has 0 bridgehead atoms. The molecule has 0 spiro atoms. The molecule has 0 aliphatic carbocycles. The molecule has 0 aliphatic rings. The summed E-state index contributed by atoms with van der Waals surface area (Å²) >= 11 is 0. The van der Waals surface area contributed by atoms with Crippen LogP contribution < -0.4 is 10.1 Å². The summed E-state index contributed by atoms with van der Waals surface area (Å²) in [6, 6.07) is 16.4. The van der Waals surface area contributed by atoms with Gasteiger partial charge >= 0.3 is 5.97 Å². The van der Waals surface area contributed by atoms with Crippen LogP contribution >= 0.6 is 0 Å². The Morgan fingerprint density at radius 3 is 2.20 bits per heavy atom. The first-order valence-corrected chi connectivity index (χ1v) is 8.25. The van der Waals surface area contributed by atoms with Crippen LogP contribution in [0.2, 0.25) is 0 Å². The van der Waals surface area contributed by atoms with Gasteiger partial charge in [0.1, 0.15) is 5.75 Å². The van der Waals surface area contributed by atoms with Crippen molar-refractivity contribution < 1.29 is 19.1 Å². The zero-order chi connectivity index (χ0) is 18.2. The van der Waals surface area contributed by atoms with Gasteiger partial charge in [-0.2, -0.15) is 0 Å². The van der Waals surface area contributed by atoms with Crippen LogP contribution in [0.15, 0.2) is 54.6 Å². The van der Waals surface area contributed by atoms with Gasteiger partial charge in [-0.25, -0.2) is 4.79 Å². The summed E-state index contributed by atoms with van der Waals surface area (Å²) in [6.07, 6.45) is -0.894. The Morgan fingerprint density at radius 1 is 0.960 bits per heavy atom. The van der Waals surface area contributed by atoms with Crippen LogP contribution in [0.1, 0.15) is 36.7 Å². The number of carbonyl (C=O) groups excluding carboxylic acids is 2. The lowest BCUT2D eigenvalue weighted by Gasteiger charge is -2.16. The number of hydrogen-bond donors (Lipinski definition) is 1. The number of rotatable bonds is 7. The molecule has 0 radical (unpaired) electrons. The Balaban J connectivity index is 1.88. The number of carbonyl (C=O) groups is 2. The average molecular weight is 341 g/mol. The average Bonchev–Trinajstić information content (AvgIpc) is 2.60. The fraction of sp³-hybridized carbons (Fsp3) is 0.300. The third-order valence-corrected chi connectivity index (χ3v) is 3.41. The topological polar surface area (TPSA) is 64.6 Å². The molecule has 0 aromatic heterocycles. The van der Waals surface area contributed by atoms with Crippen LogP contribution in [0.4, 0.5) is 0 Å². The SMILES string of the molecule is CC(C)OC(=O)[C@@H](C)Oc1ccc(C(=O)NCc2ccccc2)cc1. The zero-order valence-electron chi connectivity index (χ0n) is 14.7. The van der Waals surface area contributed by atoms with Gasteiger partial charge < -0.3 is 14.8 Å². The summed E-state index contributed by atoms with van der Waals surface area (Å²) in [4.78, 5) is 23.9. The van der Waals surface area contributed by atoms with Crippen LogP contribution in [0, 0.1) is 0 Å². The molecule has 2 aromatic carbocycles. The highest BCUT2D eigenvalue weighted by molar-refractivity contribution is 5.94. The number of ether oxygens (including phenoxy) is 2. The van der Waals surface area contributed by atoms with Gasteiger partial charge in [-0.15, -0.1) is 0 Å². The van der Waals surface area contributed by atoms with E-state index in [0.29, 0.717) is 17.9 Å². The predicted molar refractivity (Wildman–Crippen MR) is 95.4 cm³/mol. The highest BCUT2D eigenvalue weighted by Crippen LogP contribution is 2.15. The molecule has 0 unspecified atom stereocenters. The largest absolute Gasteiger partial charge is 0.479 e. The van der Waals surface area contributed by atoms with Crippen LogP contribution in [0.25, 0.3) is 0 Å². The highest BCUT2D eigenvalue weighted by Gasteiger charge is 2.17. The van der Waals surface area contributed by atoms with E-state index in [1.807, 2.05) is 30.3 Å². The lowest BCUT2D eigenvalue weighted by Crippen LogP contribution is -2.28. The van der Waals surface area contributed by atoms with Crippen molar-refractivity contribution in [3.05, 3.63) is 65.7 Å². The normalized spacial score (nSPS) is 11.7. The predicted octanol–water partition coefficient (Wildman–Crippen LogP) is 3.34. The van der Waals surface area contributed by atoms with Crippen molar-refractivity contribution in [2.45, 2.75) is 39.5 Å². The Labute approximate surface area is 148 Å². The Morgan fingerprint density at radius 2 is 1.60 bits per heavy atom. The van der Waals surface area contributed by atoms with Crippen molar-refractivity contribution in [2.24, 2.45) is 0 Å². The first kappa shape index (κ1) is 18.5. The van der Waals surface area contributed by atoms with Gasteiger partial charge in [0.2, 0.25) is 0 Å². The van der Waals surface area contributed by atoms with Gasteiger partial charge in [0.15, 0.2) is 6.10 Å². The molecule has 0 saturated carbocycles. The van der Waals surface area contributed by atoms with E-state index in [-0.39, 0.29) is 12.0 Å². The molecule has 5 heteroatoms. The van der Waals surface area contributed by atoms with E-state index in [2.05, 4.69) is 5.32 Å². The molecule has 1 atom stereocenters. The number of hydrogen-bond acceptors (Lipinski definition) is 4. The quantitative estimate of drug-likeness (QED) is 0.785. The molecule has 0 aliphatic heterocycles. The number of benzene rings is 2. The maximum atomic E-state index is 12.2. The summed E-state index contributed by atoms with van der Waals surface area (Å²) in [5, 5.41) is 2.86. The molecule has 0 saturated heterocycles. The van der Waals surface area contributed by atoms with Gasteiger partial charge in [0.25, 0.3) is 5.91 Å². The lowest BCUT2D eigenvalue weighted by molar-refractivity contribution is -0.154. The van der Waals surface area contributed by atoms with Gasteiger partial charge in [0.05, 0.1) is 6.10 Å². The summed E-state index contributed by atoms with van der Waals surface area (Å²) in [6.45, 7) is 5.67. The summed E-state index contributed by atoms with van der Waals surface area (Å²) in [7, 11) is 0. The molecule has 5 nitrogen and oxygen atoms in total. The van der Waals surface area contributed by atoms with Crippen molar-refractivity contribution in [1.82, 2.24) is 5.32 Å². The van der Waals surface area contributed by atoms with E-state index >= 15 is 0 Å². The first-order chi connectivity index (χ1) is 12.0. The molecule has 0 heterocycles. The minimum atomic E-state index is -0.708. The Bertz CT molecular complexity index is 695. The molecule has 25 heavy (non-hydrogen) atoms. The van der Waals surface area contributed by atoms with Crippen molar-refractivity contribution in [1.29, 1.82) is 0 Å². The summed E-state index contributed by atoms with van der Waals surface area (Å²) < 4.78 is 10.6. The minimum absolute atomic E-state index is 0.164. The molecular formula is C20H23NO4. The third kappa shape index (κ3) is 5.95. The first-order valence-electron chi connectivity index (χ1n) is 8.25. The second-order valence-corrected chi connectivity index (χ2v) is 5.94. The van der Waals surface area contributed by atoms with Crippen LogP contribution in [-0.4, -0.2) is 24.1 Å². The Hall–Kier alpha value is -2.82. The van der Waals surface area contributed by atoms with Gasteiger partial charge in [0, 0.05) is 12.1 Å². The van der Waals surface area contributed by atoms with Crippen molar-refractivity contribution >= 4 is 11.9 Å². The van der Waals surface area contributed by atoms with Crippen molar-refractivity contribution in [3.63, 3.8) is 0 Å². The van der Waals surface area contributed by atoms with Crippen LogP contribution in [-0.2, 0) is 16.1 Å². The maximum absolute atomic E-state index is 12.2. The molecule has 132 valence electrons. The van der Waals surface area contributed by atoms with E-state index < -0.39 is 12.1 Å². The third-order valence-electron chi connectivity index (χ3n) is 3.41. The van der Waals surface area contributed by atoms with Crippen molar-refractivity contribution in [2.75, 3.05) is 0 Å². The monoisotopic (exact) mass is 341 g/mol. The Kier molecular flexibility index (Phi) is 6.57. The maximum Gasteiger partial charge on any atom is 0.347 e. The van der Waals surface area contributed by atoms with Gasteiger partial charge in [-0.1, -0.05) is 30.3 Å². The van der Waals surface area contributed by atoms with E-state index in [4.69, 9.17) is 9.47 Å². The van der Waals surface area contributed by atoms with E-state index in [0.717, 1.165) is 5.56 Å². The fourth-order valence-electron chi connectivity index (χ4n) is 2.15. The highest BCUT2D eigenvalue weighted by atomic mass is 16.6. The standard InChI is InChI=1S/C20H23NO4/c1-14(2)24-20(23)15(3)25-18-11-9-17(10-12-18)19(22)21-13-16-7-5-4-6-8-16/h4-12,14-15H,13H2,1-3H3,(H,21,22)/t15-/m1/s1. The zero-order valence-corrected chi connectivity index (χ0v) is 14.7. The van der Waals surface area contributed by atoms with E-state index in [1.165, 1.54) is 0 Å².